The topological polar surface area (TPSA) is 112 Å². The number of hydrogen-bond donors (Lipinski definition) is 3. The van der Waals surface area contributed by atoms with E-state index in [1.165, 1.54) is 12.4 Å². The van der Waals surface area contributed by atoms with E-state index in [0.717, 1.165) is 0 Å². The SMILES string of the molecule is O=C(N[C@@H](CCO)C(=O)O)c1cccc2nccnc12. The Morgan fingerprint density at radius 1 is 1.25 bits per heavy atom. The van der Waals surface area contributed by atoms with Gasteiger partial charge in [-0.1, -0.05) is 6.07 Å². The molecule has 0 saturated heterocycles. The summed E-state index contributed by atoms with van der Waals surface area (Å²) in [5, 5.41) is 20.1. The summed E-state index contributed by atoms with van der Waals surface area (Å²) in [6.07, 6.45) is 2.91. The predicted molar refractivity (Wildman–Crippen MR) is 70.1 cm³/mol. The molecule has 0 fully saturated rings. The molecule has 1 aromatic heterocycles. The van der Waals surface area contributed by atoms with Gasteiger partial charge in [-0.25, -0.2) is 4.79 Å². The molecular weight excluding hydrogens is 262 g/mol. The Hall–Kier alpha value is -2.54. The zero-order valence-corrected chi connectivity index (χ0v) is 10.5. The van der Waals surface area contributed by atoms with Gasteiger partial charge >= 0.3 is 5.97 Å². The van der Waals surface area contributed by atoms with Crippen molar-refractivity contribution in [1.29, 1.82) is 0 Å². The summed E-state index contributed by atoms with van der Waals surface area (Å²) >= 11 is 0. The second-order valence-corrected chi connectivity index (χ2v) is 4.11. The number of carbonyl (C=O) groups excluding carboxylic acids is 1. The number of fused-ring (bicyclic) bond motifs is 1. The van der Waals surface area contributed by atoms with E-state index in [1.807, 2.05) is 0 Å². The summed E-state index contributed by atoms with van der Waals surface area (Å²) in [6.45, 7) is -0.327. The second-order valence-electron chi connectivity index (χ2n) is 4.11. The number of aliphatic hydroxyl groups is 1. The molecule has 0 spiro atoms. The Morgan fingerprint density at radius 3 is 2.70 bits per heavy atom. The van der Waals surface area contributed by atoms with Gasteiger partial charge in [-0.05, 0) is 12.1 Å². The molecule has 0 aliphatic carbocycles. The van der Waals surface area contributed by atoms with Crippen LogP contribution in [-0.2, 0) is 4.79 Å². The zero-order valence-electron chi connectivity index (χ0n) is 10.5. The van der Waals surface area contributed by atoms with E-state index in [9.17, 15) is 9.59 Å². The molecule has 20 heavy (non-hydrogen) atoms. The first kappa shape index (κ1) is 13.9. The Kier molecular flexibility index (Phi) is 4.21. The van der Waals surface area contributed by atoms with Gasteiger partial charge in [0.25, 0.3) is 5.91 Å². The molecule has 0 bridgehead atoms. The van der Waals surface area contributed by atoms with Crippen LogP contribution in [0.1, 0.15) is 16.8 Å². The van der Waals surface area contributed by atoms with Crippen LogP contribution in [0.4, 0.5) is 0 Å². The number of para-hydroxylation sites is 1. The number of carbonyl (C=O) groups is 2. The van der Waals surface area contributed by atoms with Gasteiger partial charge in [-0.3, -0.25) is 14.8 Å². The van der Waals surface area contributed by atoms with E-state index < -0.39 is 17.9 Å². The molecule has 0 radical (unpaired) electrons. The van der Waals surface area contributed by atoms with Gasteiger partial charge in [0.2, 0.25) is 0 Å². The average Bonchev–Trinajstić information content (AvgIpc) is 2.46. The molecule has 0 aliphatic rings. The normalized spacial score (nSPS) is 12.1. The quantitative estimate of drug-likeness (QED) is 0.718. The molecule has 0 unspecified atom stereocenters. The number of aromatic nitrogens is 2. The second kappa shape index (κ2) is 6.07. The highest BCUT2D eigenvalue weighted by molar-refractivity contribution is 6.05. The maximum atomic E-state index is 12.1. The summed E-state index contributed by atoms with van der Waals surface area (Å²) < 4.78 is 0. The van der Waals surface area contributed by atoms with E-state index >= 15 is 0 Å². The highest BCUT2D eigenvalue weighted by Gasteiger charge is 2.21. The van der Waals surface area contributed by atoms with Crippen LogP contribution in [0.25, 0.3) is 11.0 Å². The number of carboxylic acids is 1. The highest BCUT2D eigenvalue weighted by atomic mass is 16.4. The first-order chi connectivity index (χ1) is 9.63. The largest absolute Gasteiger partial charge is 0.480 e. The van der Waals surface area contributed by atoms with Crippen molar-refractivity contribution >= 4 is 22.9 Å². The molecule has 0 saturated carbocycles. The van der Waals surface area contributed by atoms with Crippen molar-refractivity contribution < 1.29 is 19.8 Å². The molecule has 1 aromatic carbocycles. The molecule has 7 nitrogen and oxygen atoms in total. The van der Waals surface area contributed by atoms with Gasteiger partial charge in [-0.2, -0.15) is 0 Å². The predicted octanol–water partition coefficient (Wildman–Crippen LogP) is 0.195. The minimum absolute atomic E-state index is 0.0580. The van der Waals surface area contributed by atoms with E-state index in [1.54, 1.807) is 18.2 Å². The van der Waals surface area contributed by atoms with Crippen LogP contribution in [0.15, 0.2) is 30.6 Å². The molecular formula is C13H13N3O4. The average molecular weight is 275 g/mol. The summed E-state index contributed by atoms with van der Waals surface area (Å²) in [5.41, 5.74) is 1.20. The van der Waals surface area contributed by atoms with Crippen molar-refractivity contribution in [3.05, 3.63) is 36.2 Å². The van der Waals surface area contributed by atoms with Gasteiger partial charge in [0.15, 0.2) is 0 Å². The fourth-order valence-corrected chi connectivity index (χ4v) is 1.80. The third-order valence-electron chi connectivity index (χ3n) is 2.76. The number of nitrogens with one attached hydrogen (secondary N) is 1. The van der Waals surface area contributed by atoms with Gasteiger partial charge in [0, 0.05) is 25.4 Å². The van der Waals surface area contributed by atoms with E-state index in [-0.39, 0.29) is 18.6 Å². The van der Waals surface area contributed by atoms with Crippen LogP contribution in [0.5, 0.6) is 0 Å². The third kappa shape index (κ3) is 2.89. The van der Waals surface area contributed by atoms with Crippen LogP contribution >= 0.6 is 0 Å². The number of amides is 1. The molecule has 1 heterocycles. The van der Waals surface area contributed by atoms with E-state index in [2.05, 4.69) is 15.3 Å². The summed E-state index contributed by atoms with van der Waals surface area (Å²) in [4.78, 5) is 31.2. The Balaban J connectivity index is 2.29. The fraction of sp³-hybridized carbons (Fsp3) is 0.231. The van der Waals surface area contributed by atoms with Gasteiger partial charge in [0.05, 0.1) is 11.1 Å². The Labute approximate surface area is 114 Å². The van der Waals surface area contributed by atoms with Crippen molar-refractivity contribution in [2.45, 2.75) is 12.5 Å². The summed E-state index contributed by atoms with van der Waals surface area (Å²) in [5.74, 6) is -1.75. The highest BCUT2D eigenvalue weighted by Crippen LogP contribution is 2.13. The number of benzene rings is 1. The lowest BCUT2D eigenvalue weighted by Crippen LogP contribution is -2.41. The minimum atomic E-state index is -1.20. The molecule has 7 heteroatoms. The molecule has 2 rings (SSSR count). The first-order valence-corrected chi connectivity index (χ1v) is 5.97. The summed E-state index contributed by atoms with van der Waals surface area (Å²) in [7, 11) is 0. The molecule has 3 N–H and O–H groups in total. The lowest BCUT2D eigenvalue weighted by molar-refractivity contribution is -0.139. The van der Waals surface area contributed by atoms with Crippen LogP contribution < -0.4 is 5.32 Å². The lowest BCUT2D eigenvalue weighted by atomic mass is 10.1. The summed E-state index contributed by atoms with van der Waals surface area (Å²) in [6, 6.07) is 3.76. The number of aliphatic hydroxyl groups excluding tert-OH is 1. The zero-order chi connectivity index (χ0) is 14.5. The minimum Gasteiger partial charge on any atom is -0.480 e. The molecule has 2 aromatic rings. The van der Waals surface area contributed by atoms with Crippen LogP contribution in [0, 0.1) is 0 Å². The van der Waals surface area contributed by atoms with Crippen molar-refractivity contribution in [3.8, 4) is 0 Å². The molecule has 0 aliphatic heterocycles. The first-order valence-electron chi connectivity index (χ1n) is 5.97. The number of carboxylic acid groups (broad SMARTS) is 1. The van der Waals surface area contributed by atoms with E-state index in [4.69, 9.17) is 10.2 Å². The number of nitrogens with zero attached hydrogens (tertiary/aromatic N) is 2. The smallest absolute Gasteiger partial charge is 0.326 e. The maximum absolute atomic E-state index is 12.1. The van der Waals surface area contributed by atoms with Crippen molar-refractivity contribution in [1.82, 2.24) is 15.3 Å². The van der Waals surface area contributed by atoms with Crippen LogP contribution in [-0.4, -0.2) is 44.7 Å². The van der Waals surface area contributed by atoms with Gasteiger partial charge in [-0.15, -0.1) is 0 Å². The Bertz CT molecular complexity index is 639. The van der Waals surface area contributed by atoms with Gasteiger partial charge in [0.1, 0.15) is 11.6 Å². The van der Waals surface area contributed by atoms with Crippen LogP contribution in [0.3, 0.4) is 0 Å². The lowest BCUT2D eigenvalue weighted by Gasteiger charge is -2.13. The monoisotopic (exact) mass is 275 g/mol. The standard InChI is InChI=1S/C13H13N3O4/c17-7-4-10(13(19)20)16-12(18)8-2-1-3-9-11(8)15-6-5-14-9/h1-3,5-6,10,17H,4,7H2,(H,16,18)(H,19,20)/t10-/m0/s1. The number of aliphatic carboxylic acids is 1. The fourth-order valence-electron chi connectivity index (χ4n) is 1.80. The number of rotatable bonds is 5. The third-order valence-corrected chi connectivity index (χ3v) is 2.76. The van der Waals surface area contributed by atoms with E-state index in [0.29, 0.717) is 11.0 Å². The van der Waals surface area contributed by atoms with Crippen LogP contribution in [0.2, 0.25) is 0 Å². The maximum Gasteiger partial charge on any atom is 0.326 e. The Morgan fingerprint density at radius 2 is 2.00 bits per heavy atom. The van der Waals surface area contributed by atoms with Gasteiger partial charge < -0.3 is 15.5 Å². The van der Waals surface area contributed by atoms with Crippen molar-refractivity contribution in [3.63, 3.8) is 0 Å². The number of hydrogen-bond acceptors (Lipinski definition) is 5. The van der Waals surface area contributed by atoms with Crippen molar-refractivity contribution in [2.75, 3.05) is 6.61 Å². The molecule has 1 atom stereocenters. The van der Waals surface area contributed by atoms with Crippen molar-refractivity contribution in [2.24, 2.45) is 0 Å². The molecule has 1 amide bonds. The molecule has 104 valence electrons.